The van der Waals surface area contributed by atoms with Crippen LogP contribution in [0, 0.1) is 17.3 Å². The standard InChI is InChI=1S/C33H39N3O7/c1-32(2,3)11-8-9-16-13-18(21-10-6-7-12-35-21)19-14-17-15-20-25(36(4)5)28(39)24(31(34)42)30(41)33(20,43)29(40)22(17)27(38)23(19)26(16)37/h6-7,10,12-13,17,20,25,37-38,41,43H,8-9,11,14-15H2,1-5H3,(H2,34,42)/t17-,20-,25-,33-/m0/s1. The number of carbonyl (C=O) groups excluding carboxylic acids is 3. The first-order valence-electron chi connectivity index (χ1n) is 14.5. The van der Waals surface area contributed by atoms with Gasteiger partial charge >= 0.3 is 0 Å². The van der Waals surface area contributed by atoms with Crippen LogP contribution in [0.25, 0.3) is 17.0 Å². The Morgan fingerprint density at radius 3 is 2.44 bits per heavy atom. The number of rotatable bonds is 6. The van der Waals surface area contributed by atoms with Gasteiger partial charge in [0.05, 0.1) is 17.3 Å². The SMILES string of the molecule is CN(C)[C@@H]1C(=O)C(C(N)=O)=C(O)[C@@]2(O)C(=O)C3=C(O)c4c(O)c(CCCC(C)(C)C)cc(-c5ccccn5)c4C[C@H]3C[C@@H]12. The number of Topliss-reactive ketones (excluding diaryl/α,β-unsaturated/α-hetero) is 2. The molecule has 1 heterocycles. The van der Waals surface area contributed by atoms with Gasteiger partial charge in [0, 0.05) is 23.3 Å². The molecule has 3 aliphatic carbocycles. The smallest absolute Gasteiger partial charge is 0.255 e. The van der Waals surface area contributed by atoms with Crippen LogP contribution in [0.15, 0.2) is 47.4 Å². The summed E-state index contributed by atoms with van der Waals surface area (Å²) >= 11 is 0. The predicted molar refractivity (Wildman–Crippen MR) is 160 cm³/mol. The van der Waals surface area contributed by atoms with E-state index in [1.807, 2.05) is 18.2 Å². The number of aromatic nitrogens is 1. The van der Waals surface area contributed by atoms with Gasteiger partial charge in [-0.1, -0.05) is 26.8 Å². The molecular weight excluding hydrogens is 550 g/mol. The van der Waals surface area contributed by atoms with Gasteiger partial charge in [-0.15, -0.1) is 0 Å². The average molecular weight is 590 g/mol. The monoisotopic (exact) mass is 589 g/mol. The second kappa shape index (κ2) is 10.6. The van der Waals surface area contributed by atoms with Crippen LogP contribution in [0.2, 0.25) is 0 Å². The minimum Gasteiger partial charge on any atom is -0.508 e. The number of likely N-dealkylation sites (N-methyl/N-ethyl adjacent to an activating group) is 1. The van der Waals surface area contributed by atoms with E-state index in [1.54, 1.807) is 26.4 Å². The van der Waals surface area contributed by atoms with Gasteiger partial charge < -0.3 is 26.2 Å². The van der Waals surface area contributed by atoms with Crippen molar-refractivity contribution >= 4 is 23.2 Å². The van der Waals surface area contributed by atoms with Gasteiger partial charge in [0.15, 0.2) is 11.4 Å². The van der Waals surface area contributed by atoms with Gasteiger partial charge in [0.1, 0.15) is 22.8 Å². The van der Waals surface area contributed by atoms with Crippen LogP contribution in [0.3, 0.4) is 0 Å². The summed E-state index contributed by atoms with van der Waals surface area (Å²) in [5.41, 5.74) is 4.44. The molecule has 3 aliphatic rings. The minimum absolute atomic E-state index is 0.0293. The van der Waals surface area contributed by atoms with Crippen LogP contribution >= 0.6 is 0 Å². The fraction of sp³-hybridized carbons (Fsp3) is 0.455. The number of hydrogen-bond donors (Lipinski definition) is 5. The summed E-state index contributed by atoms with van der Waals surface area (Å²) in [6, 6.07) is 6.22. The lowest BCUT2D eigenvalue weighted by molar-refractivity contribution is -0.153. The molecule has 1 saturated carbocycles. The predicted octanol–water partition coefficient (Wildman–Crippen LogP) is 3.39. The molecule has 2 aromatic rings. The van der Waals surface area contributed by atoms with Crippen molar-refractivity contribution in [3.05, 3.63) is 64.1 Å². The first kappa shape index (κ1) is 30.4. The third-order valence-electron chi connectivity index (χ3n) is 9.11. The molecule has 0 aliphatic heterocycles. The van der Waals surface area contributed by atoms with Crippen molar-refractivity contribution in [2.75, 3.05) is 14.1 Å². The molecule has 1 amide bonds. The summed E-state index contributed by atoms with van der Waals surface area (Å²) in [6.07, 6.45) is 4.07. The molecule has 5 rings (SSSR count). The number of aliphatic hydroxyl groups excluding tert-OH is 2. The number of pyridine rings is 1. The Hall–Kier alpha value is -4.02. The van der Waals surface area contributed by atoms with E-state index in [9.17, 15) is 34.8 Å². The maximum absolute atomic E-state index is 14.2. The van der Waals surface area contributed by atoms with E-state index >= 15 is 0 Å². The normalized spacial score (nSPS) is 25.5. The molecule has 228 valence electrons. The van der Waals surface area contributed by atoms with E-state index in [-0.39, 0.29) is 35.1 Å². The first-order valence-corrected chi connectivity index (χ1v) is 14.5. The zero-order chi connectivity index (χ0) is 31.6. The van der Waals surface area contributed by atoms with Gasteiger partial charge in [0.2, 0.25) is 5.78 Å². The number of nitrogens with zero attached hydrogens (tertiary/aromatic N) is 2. The Morgan fingerprint density at radius 2 is 1.86 bits per heavy atom. The summed E-state index contributed by atoms with van der Waals surface area (Å²) in [7, 11) is 3.15. The number of nitrogens with two attached hydrogens (primary N) is 1. The molecule has 1 fully saturated rings. The fourth-order valence-corrected chi connectivity index (χ4v) is 7.12. The summed E-state index contributed by atoms with van der Waals surface area (Å²) in [5.74, 6) is -6.60. The first-order chi connectivity index (χ1) is 20.1. The molecule has 10 nitrogen and oxygen atoms in total. The van der Waals surface area contributed by atoms with Gasteiger partial charge in [-0.3, -0.25) is 24.3 Å². The van der Waals surface area contributed by atoms with Crippen molar-refractivity contribution in [3.8, 4) is 17.0 Å². The number of benzene rings is 1. The number of fused-ring (bicyclic) bond motifs is 3. The maximum atomic E-state index is 14.2. The quantitative estimate of drug-likeness (QED) is 0.316. The van der Waals surface area contributed by atoms with Crippen LogP contribution in [-0.2, 0) is 27.2 Å². The van der Waals surface area contributed by atoms with E-state index in [2.05, 4.69) is 25.8 Å². The van der Waals surface area contributed by atoms with Crippen LogP contribution in [0.1, 0.15) is 56.7 Å². The Bertz CT molecular complexity index is 1590. The van der Waals surface area contributed by atoms with E-state index < -0.39 is 58.0 Å². The number of ketones is 2. The second-order valence-electron chi connectivity index (χ2n) is 13.4. The number of aromatic hydroxyl groups is 1. The largest absolute Gasteiger partial charge is 0.508 e. The molecule has 0 saturated heterocycles. The highest BCUT2D eigenvalue weighted by Crippen LogP contribution is 2.54. The van der Waals surface area contributed by atoms with Crippen LogP contribution in [0.5, 0.6) is 5.75 Å². The molecule has 0 unspecified atom stereocenters. The lowest BCUT2D eigenvalue weighted by atomic mass is 9.57. The average Bonchev–Trinajstić information content (AvgIpc) is 2.91. The Kier molecular flexibility index (Phi) is 7.51. The number of aliphatic hydroxyl groups is 3. The lowest BCUT2D eigenvalue weighted by Gasteiger charge is -2.50. The summed E-state index contributed by atoms with van der Waals surface area (Å²) < 4.78 is 0. The topological polar surface area (TPSA) is 174 Å². The second-order valence-corrected chi connectivity index (χ2v) is 13.4. The van der Waals surface area contributed by atoms with Crippen LogP contribution < -0.4 is 5.73 Å². The highest BCUT2D eigenvalue weighted by Gasteiger charge is 2.64. The van der Waals surface area contributed by atoms with Gasteiger partial charge in [-0.05, 0) is 86.9 Å². The zero-order valence-electron chi connectivity index (χ0n) is 25.1. The molecule has 10 heteroatoms. The summed E-state index contributed by atoms with van der Waals surface area (Å²) in [5, 5.41) is 46.2. The number of primary amides is 1. The zero-order valence-corrected chi connectivity index (χ0v) is 25.1. The van der Waals surface area contributed by atoms with Crippen molar-refractivity contribution < 1.29 is 34.8 Å². The van der Waals surface area contributed by atoms with Crippen molar-refractivity contribution in [2.45, 2.75) is 64.5 Å². The van der Waals surface area contributed by atoms with E-state index in [0.717, 1.165) is 12.8 Å². The van der Waals surface area contributed by atoms with Gasteiger partial charge in [-0.2, -0.15) is 0 Å². The van der Waals surface area contributed by atoms with Gasteiger partial charge in [-0.25, -0.2) is 0 Å². The highest BCUT2D eigenvalue weighted by atomic mass is 16.3. The lowest BCUT2D eigenvalue weighted by Crippen LogP contribution is -2.65. The highest BCUT2D eigenvalue weighted by molar-refractivity contribution is 6.24. The Balaban J connectivity index is 1.72. The Labute approximate surface area is 250 Å². The molecule has 0 radical (unpaired) electrons. The number of hydrogen-bond acceptors (Lipinski definition) is 9. The van der Waals surface area contributed by atoms with Gasteiger partial charge in [0.25, 0.3) is 5.91 Å². The number of carbonyl (C=O) groups is 3. The molecule has 0 bridgehead atoms. The van der Waals surface area contributed by atoms with Crippen LogP contribution in [0.4, 0.5) is 0 Å². The molecule has 1 aromatic heterocycles. The van der Waals surface area contributed by atoms with Crippen LogP contribution in [-0.4, -0.2) is 73.5 Å². The number of phenols is 1. The molecule has 6 N–H and O–H groups in total. The van der Waals surface area contributed by atoms with Crippen molar-refractivity contribution in [3.63, 3.8) is 0 Å². The summed E-state index contributed by atoms with van der Waals surface area (Å²) in [4.78, 5) is 45.8. The van der Waals surface area contributed by atoms with Crippen molar-refractivity contribution in [1.29, 1.82) is 0 Å². The van der Waals surface area contributed by atoms with Crippen molar-refractivity contribution in [1.82, 2.24) is 9.88 Å². The summed E-state index contributed by atoms with van der Waals surface area (Å²) in [6.45, 7) is 6.40. The number of aryl methyl sites for hydroxylation is 1. The molecular formula is C33H39N3O7. The molecule has 43 heavy (non-hydrogen) atoms. The Morgan fingerprint density at radius 1 is 1.16 bits per heavy atom. The molecule has 0 spiro atoms. The molecule has 1 aromatic carbocycles. The molecule has 4 atom stereocenters. The fourth-order valence-electron chi connectivity index (χ4n) is 7.12. The maximum Gasteiger partial charge on any atom is 0.255 e. The van der Waals surface area contributed by atoms with E-state index in [1.165, 1.54) is 4.90 Å². The minimum atomic E-state index is -2.67. The van der Waals surface area contributed by atoms with Crippen molar-refractivity contribution in [2.24, 2.45) is 23.0 Å². The third-order valence-corrected chi connectivity index (χ3v) is 9.11. The number of amides is 1. The van der Waals surface area contributed by atoms with E-state index in [0.29, 0.717) is 28.8 Å². The van der Waals surface area contributed by atoms with E-state index in [4.69, 9.17) is 5.73 Å². The number of phenolic OH excluding ortho intramolecular Hbond substituents is 1. The third kappa shape index (κ3) is 4.82.